The first-order valence-electron chi connectivity index (χ1n) is 15.8. The maximum Gasteiger partial charge on any atom is 1.00 e. The van der Waals surface area contributed by atoms with Crippen LogP contribution in [0.4, 0.5) is 22.7 Å². The molecule has 6 aromatic rings. The monoisotopic (exact) mass is 830 g/mol. The second-order valence-electron chi connectivity index (χ2n) is 12.1. The van der Waals surface area contributed by atoms with Crippen molar-refractivity contribution in [3.05, 3.63) is 126 Å². The van der Waals surface area contributed by atoms with E-state index in [1.54, 1.807) is 48.5 Å². The van der Waals surface area contributed by atoms with E-state index in [1.165, 1.54) is 24.3 Å². The van der Waals surface area contributed by atoms with Gasteiger partial charge >= 0.3 is 69.2 Å². The fourth-order valence-corrected chi connectivity index (χ4v) is 7.55. The number of nitrogens with zero attached hydrogens (tertiary/aromatic N) is 4. The molecule has 0 aliphatic carbocycles. The van der Waals surface area contributed by atoms with E-state index in [2.05, 4.69) is 20.5 Å². The number of rotatable bonds is 10. The number of hydrogen-bond donors (Lipinski definition) is 1. The molecule has 0 aromatic heterocycles. The molecule has 0 aliphatic heterocycles. The number of phenolic OH excluding ortho intramolecular Hbond substituents is 1. The average Bonchev–Trinajstić information content (AvgIpc) is 3.10. The SMILES string of the molecule is Cc1ccc(S(=O)(=O)Oc2ccc(N=Nc3ccc(-c4ccc(N=Nc5c(S(=O)(=O)[O-])cc6cc(S(=O)(=O)[O-])ccc6c5O)cc4C)c(C)c3)cc2)cc1.[Na+].[Na+]. The number of benzene rings is 6. The van der Waals surface area contributed by atoms with Crippen molar-refractivity contribution < 1.29 is 103 Å². The Labute approximate surface area is 367 Å². The average molecular weight is 831 g/mol. The fraction of sp³-hybridized carbons (Fsp3) is 0.0811. The number of phenols is 1. The van der Waals surface area contributed by atoms with Gasteiger partial charge in [0.15, 0.2) is 5.75 Å². The molecule has 0 unspecified atom stereocenters. The summed E-state index contributed by atoms with van der Waals surface area (Å²) in [5.74, 6) is -0.612. The standard InChI is InChI=1S/C37H30N4O10S3.2Na/c1-22-4-12-30(13-5-22)54(49,50)51-29-10-6-26(7-11-29)38-39-27-8-15-32(23(2)18-27)33-16-9-28(19-24(33)3)40-41-36-35(53(46,47)48)21-25-20-31(52(43,44)45)14-17-34(25)37(36)42;;/h4-21,42H,1-3H3,(H,43,44,45)(H,46,47,48);;/q;2*+1/p-2. The summed E-state index contributed by atoms with van der Waals surface area (Å²) >= 11 is 0. The van der Waals surface area contributed by atoms with Crippen molar-refractivity contribution >= 4 is 63.9 Å². The summed E-state index contributed by atoms with van der Waals surface area (Å²) in [6.07, 6.45) is 0. The molecular weight excluding hydrogens is 803 g/mol. The molecule has 0 atom stereocenters. The molecule has 276 valence electrons. The summed E-state index contributed by atoms with van der Waals surface area (Å²) in [6, 6.07) is 26.7. The van der Waals surface area contributed by atoms with Crippen LogP contribution in [-0.2, 0) is 30.4 Å². The van der Waals surface area contributed by atoms with Crippen molar-refractivity contribution in [3.63, 3.8) is 0 Å². The molecule has 6 rings (SSSR count). The van der Waals surface area contributed by atoms with E-state index in [0.29, 0.717) is 11.4 Å². The third kappa shape index (κ3) is 10.4. The maximum atomic E-state index is 12.6. The van der Waals surface area contributed by atoms with Crippen molar-refractivity contribution in [3.8, 4) is 22.6 Å². The third-order valence-corrected chi connectivity index (χ3v) is 11.1. The quantitative estimate of drug-likeness (QED) is 0.0919. The molecule has 1 N–H and O–H groups in total. The minimum absolute atomic E-state index is 0. The van der Waals surface area contributed by atoms with Gasteiger partial charge in [-0.2, -0.15) is 23.8 Å². The minimum atomic E-state index is -5.23. The van der Waals surface area contributed by atoms with Crippen molar-refractivity contribution in [2.45, 2.75) is 35.5 Å². The van der Waals surface area contributed by atoms with Gasteiger partial charge in [-0.05, 0) is 133 Å². The summed E-state index contributed by atoms with van der Waals surface area (Å²) in [5, 5.41) is 27.1. The Hall–Kier alpha value is -3.85. The van der Waals surface area contributed by atoms with Crippen LogP contribution < -0.4 is 63.3 Å². The number of hydrogen-bond acceptors (Lipinski definition) is 14. The van der Waals surface area contributed by atoms with E-state index in [4.69, 9.17) is 4.18 Å². The molecule has 0 saturated heterocycles. The first kappa shape index (κ1) is 44.9. The Morgan fingerprint density at radius 1 is 0.554 bits per heavy atom. The first-order chi connectivity index (χ1) is 25.4. The molecule has 0 spiro atoms. The molecule has 56 heavy (non-hydrogen) atoms. The number of fused-ring (bicyclic) bond motifs is 1. The van der Waals surface area contributed by atoms with Gasteiger partial charge in [0.2, 0.25) is 0 Å². The van der Waals surface area contributed by atoms with Crippen molar-refractivity contribution in [2.75, 3.05) is 0 Å². The molecular formula is C37H28N4Na2O10S3. The summed E-state index contributed by atoms with van der Waals surface area (Å²) in [6.45, 7) is 5.57. The van der Waals surface area contributed by atoms with Gasteiger partial charge in [-0.1, -0.05) is 29.8 Å². The van der Waals surface area contributed by atoms with E-state index in [9.17, 15) is 39.5 Å². The van der Waals surface area contributed by atoms with Gasteiger partial charge in [0.05, 0.1) is 26.9 Å². The van der Waals surface area contributed by atoms with E-state index in [1.807, 2.05) is 32.9 Å². The smallest absolute Gasteiger partial charge is 0.744 e. The number of aromatic hydroxyl groups is 1. The Kier molecular flexibility index (Phi) is 14.2. The zero-order valence-corrected chi connectivity index (χ0v) is 37.0. The van der Waals surface area contributed by atoms with Gasteiger partial charge in [-0.25, -0.2) is 16.8 Å². The van der Waals surface area contributed by atoms with Gasteiger partial charge in [0, 0.05) is 5.39 Å². The second-order valence-corrected chi connectivity index (χ2v) is 16.4. The van der Waals surface area contributed by atoms with Gasteiger partial charge in [-0.15, -0.1) is 5.11 Å². The maximum absolute atomic E-state index is 12.6. The predicted molar refractivity (Wildman–Crippen MR) is 197 cm³/mol. The van der Waals surface area contributed by atoms with Crippen LogP contribution in [0, 0.1) is 20.8 Å². The Morgan fingerprint density at radius 2 is 1.05 bits per heavy atom. The van der Waals surface area contributed by atoms with Crippen LogP contribution in [0.1, 0.15) is 16.7 Å². The molecule has 14 nitrogen and oxygen atoms in total. The van der Waals surface area contributed by atoms with Gasteiger partial charge in [0.1, 0.15) is 36.6 Å². The third-order valence-electron chi connectivity index (χ3n) is 8.19. The van der Waals surface area contributed by atoms with Crippen LogP contribution in [0.5, 0.6) is 11.5 Å². The summed E-state index contributed by atoms with van der Waals surface area (Å²) < 4.78 is 101. The van der Waals surface area contributed by atoms with E-state index in [0.717, 1.165) is 52.1 Å². The van der Waals surface area contributed by atoms with Crippen LogP contribution in [0.15, 0.2) is 144 Å². The number of aryl methyl sites for hydroxylation is 3. The molecule has 0 amide bonds. The predicted octanol–water partition coefficient (Wildman–Crippen LogP) is 2.55. The van der Waals surface area contributed by atoms with Crippen LogP contribution in [0.25, 0.3) is 21.9 Å². The van der Waals surface area contributed by atoms with Crippen LogP contribution in [0.3, 0.4) is 0 Å². The van der Waals surface area contributed by atoms with E-state index >= 15 is 0 Å². The zero-order chi connectivity index (χ0) is 39.0. The van der Waals surface area contributed by atoms with Gasteiger partial charge in [-0.3, -0.25) is 0 Å². The van der Waals surface area contributed by atoms with Crippen molar-refractivity contribution in [2.24, 2.45) is 20.5 Å². The normalized spacial score (nSPS) is 12.1. The Bertz CT molecular complexity index is 2850. The van der Waals surface area contributed by atoms with Crippen molar-refractivity contribution in [1.29, 1.82) is 0 Å². The van der Waals surface area contributed by atoms with Crippen LogP contribution >= 0.6 is 0 Å². The molecule has 0 radical (unpaired) electrons. The molecule has 0 fully saturated rings. The first-order valence-corrected chi connectivity index (χ1v) is 20.0. The van der Waals surface area contributed by atoms with Crippen molar-refractivity contribution in [1.82, 2.24) is 0 Å². The Balaban J connectivity index is 0.00000348. The molecule has 19 heteroatoms. The molecule has 0 heterocycles. The molecule has 6 aromatic carbocycles. The zero-order valence-electron chi connectivity index (χ0n) is 30.5. The van der Waals surface area contributed by atoms with Gasteiger partial charge < -0.3 is 18.4 Å². The molecule has 0 aliphatic rings. The molecule has 0 bridgehead atoms. The minimum Gasteiger partial charge on any atom is -0.744 e. The Morgan fingerprint density at radius 3 is 1.57 bits per heavy atom. The van der Waals surface area contributed by atoms with Crippen LogP contribution in [0.2, 0.25) is 0 Å². The van der Waals surface area contributed by atoms with Gasteiger partial charge in [0.25, 0.3) is 0 Å². The number of azo groups is 2. The van der Waals surface area contributed by atoms with E-state index < -0.39 is 51.6 Å². The molecule has 0 saturated carbocycles. The topological polar surface area (TPSA) is 227 Å². The summed E-state index contributed by atoms with van der Waals surface area (Å²) in [5.41, 5.74) is 4.92. The summed E-state index contributed by atoms with van der Waals surface area (Å²) in [4.78, 5) is -1.58. The second kappa shape index (κ2) is 17.7. The summed E-state index contributed by atoms with van der Waals surface area (Å²) in [7, 11) is -14.1. The van der Waals surface area contributed by atoms with Crippen LogP contribution in [-0.4, -0.2) is 39.5 Å². The fourth-order valence-electron chi connectivity index (χ4n) is 5.47. The largest absolute Gasteiger partial charge is 1.00 e. The van der Waals surface area contributed by atoms with E-state index in [-0.39, 0.29) is 86.2 Å².